The Morgan fingerprint density at radius 3 is 2.83 bits per heavy atom. The monoisotopic (exact) mass is 291 g/mol. The summed E-state index contributed by atoms with van der Waals surface area (Å²) >= 11 is 11.7. The van der Waals surface area contributed by atoms with Crippen LogP contribution in [-0.4, -0.2) is 30.5 Å². The van der Waals surface area contributed by atoms with E-state index >= 15 is 0 Å². The highest BCUT2D eigenvalue weighted by Crippen LogP contribution is 2.32. The van der Waals surface area contributed by atoms with Crippen LogP contribution >= 0.6 is 23.2 Å². The molecule has 2 rings (SSSR count). The van der Waals surface area contributed by atoms with Gasteiger partial charge in [0.05, 0.1) is 18.2 Å². The number of hydrogen-bond acceptors (Lipinski definition) is 2. The zero-order valence-corrected chi connectivity index (χ0v) is 11.3. The number of carbonyl (C=O) groups is 1. The summed E-state index contributed by atoms with van der Waals surface area (Å²) in [5.74, 6) is -0.575. The Balaban J connectivity index is 2.26. The Morgan fingerprint density at radius 2 is 2.17 bits per heavy atom. The molecule has 1 saturated heterocycles. The van der Waals surface area contributed by atoms with Gasteiger partial charge in [0, 0.05) is 24.1 Å². The summed E-state index contributed by atoms with van der Waals surface area (Å²) in [6.07, 6.45) is -0.415. The molecule has 1 heterocycles. The summed E-state index contributed by atoms with van der Waals surface area (Å²) < 4.78 is 19.0. The van der Waals surface area contributed by atoms with Crippen molar-refractivity contribution in [1.29, 1.82) is 0 Å². The van der Waals surface area contributed by atoms with Crippen molar-refractivity contribution in [3.63, 3.8) is 0 Å². The maximum atomic E-state index is 13.4. The van der Waals surface area contributed by atoms with Crippen LogP contribution < -0.4 is 0 Å². The minimum atomic E-state index is -0.542. The molecule has 0 bridgehead atoms. The molecule has 18 heavy (non-hydrogen) atoms. The average molecular weight is 292 g/mol. The van der Waals surface area contributed by atoms with Gasteiger partial charge in [0.15, 0.2) is 0 Å². The van der Waals surface area contributed by atoms with Gasteiger partial charge in [-0.3, -0.25) is 4.79 Å². The Bertz CT molecular complexity index is 481. The third-order valence-corrected chi connectivity index (χ3v) is 3.52. The van der Waals surface area contributed by atoms with Crippen molar-refractivity contribution in [1.82, 2.24) is 4.90 Å². The lowest BCUT2D eigenvalue weighted by atomic mass is 10.1. The van der Waals surface area contributed by atoms with Crippen molar-refractivity contribution in [3.05, 3.63) is 33.6 Å². The topological polar surface area (TPSA) is 29.5 Å². The summed E-state index contributed by atoms with van der Waals surface area (Å²) in [4.78, 5) is 13.0. The Hall–Kier alpha value is -0.840. The molecule has 98 valence electrons. The van der Waals surface area contributed by atoms with Crippen LogP contribution in [0.3, 0.4) is 0 Å². The second kappa shape index (κ2) is 5.43. The highest BCUT2D eigenvalue weighted by molar-refractivity contribution is 6.35. The van der Waals surface area contributed by atoms with Crippen LogP contribution in [0.2, 0.25) is 10.0 Å². The molecule has 1 fully saturated rings. The quantitative estimate of drug-likeness (QED) is 0.745. The number of nitrogens with zero attached hydrogens (tertiary/aromatic N) is 1. The van der Waals surface area contributed by atoms with Crippen molar-refractivity contribution in [2.24, 2.45) is 0 Å². The van der Waals surface area contributed by atoms with Gasteiger partial charge in [-0.1, -0.05) is 23.2 Å². The smallest absolute Gasteiger partial charge is 0.219 e. The molecule has 0 aromatic heterocycles. The fraction of sp³-hybridized carbons (Fsp3) is 0.417. The second-order valence-corrected chi connectivity index (χ2v) is 4.93. The molecule has 0 radical (unpaired) electrons. The average Bonchev–Trinajstić information content (AvgIpc) is 2.34. The van der Waals surface area contributed by atoms with Gasteiger partial charge >= 0.3 is 0 Å². The number of amides is 1. The van der Waals surface area contributed by atoms with E-state index in [-0.39, 0.29) is 10.9 Å². The molecule has 3 nitrogen and oxygen atoms in total. The standard InChI is InChI=1S/C12H12Cl2FNO2/c1-7(17)16-2-3-18-12(6-16)8-4-11(15)10(14)5-9(8)13/h4-5,12H,2-3,6H2,1H3/t12-/m0/s1. The third-order valence-electron chi connectivity index (χ3n) is 2.90. The van der Waals surface area contributed by atoms with E-state index < -0.39 is 11.9 Å². The third kappa shape index (κ3) is 2.76. The van der Waals surface area contributed by atoms with Crippen LogP contribution in [0.1, 0.15) is 18.6 Å². The SMILES string of the molecule is CC(=O)N1CCO[C@H](c2cc(F)c(Cl)cc2Cl)C1. The minimum absolute atomic E-state index is 0.0250. The summed E-state index contributed by atoms with van der Waals surface area (Å²) in [5, 5.41) is 0.319. The van der Waals surface area contributed by atoms with Gasteiger partial charge in [0.1, 0.15) is 11.9 Å². The molecule has 0 spiro atoms. The van der Waals surface area contributed by atoms with Crippen LogP contribution in [-0.2, 0) is 9.53 Å². The van der Waals surface area contributed by atoms with Crippen LogP contribution in [0.5, 0.6) is 0 Å². The first kappa shape index (κ1) is 13.6. The van der Waals surface area contributed by atoms with Gasteiger partial charge in [0.2, 0.25) is 5.91 Å². The number of hydrogen-bond donors (Lipinski definition) is 0. The van der Waals surface area contributed by atoms with Gasteiger partial charge in [-0.25, -0.2) is 4.39 Å². The molecule has 1 aliphatic heterocycles. The van der Waals surface area contributed by atoms with E-state index in [0.717, 1.165) is 0 Å². The highest BCUT2D eigenvalue weighted by atomic mass is 35.5. The molecule has 6 heteroatoms. The van der Waals surface area contributed by atoms with Crippen LogP contribution in [0.15, 0.2) is 12.1 Å². The zero-order valence-electron chi connectivity index (χ0n) is 9.75. The Labute approximate surface area is 114 Å². The largest absolute Gasteiger partial charge is 0.370 e. The van der Waals surface area contributed by atoms with Crippen LogP contribution in [0, 0.1) is 5.82 Å². The molecule has 1 amide bonds. The first-order valence-corrected chi connectivity index (χ1v) is 6.26. The van der Waals surface area contributed by atoms with E-state index in [9.17, 15) is 9.18 Å². The van der Waals surface area contributed by atoms with Crippen molar-refractivity contribution in [2.75, 3.05) is 19.7 Å². The predicted octanol–water partition coefficient (Wildman–Crippen LogP) is 3.05. The van der Waals surface area contributed by atoms with Crippen molar-refractivity contribution in [3.8, 4) is 0 Å². The first-order valence-electron chi connectivity index (χ1n) is 5.50. The number of ether oxygens (including phenoxy) is 1. The number of morpholine rings is 1. The molecular weight excluding hydrogens is 280 g/mol. The first-order chi connectivity index (χ1) is 8.49. The molecule has 1 aromatic rings. The normalized spacial score (nSPS) is 20.0. The molecular formula is C12H12Cl2FNO2. The molecule has 0 unspecified atom stereocenters. The maximum Gasteiger partial charge on any atom is 0.219 e. The molecule has 1 atom stereocenters. The van der Waals surface area contributed by atoms with E-state index in [1.165, 1.54) is 19.1 Å². The van der Waals surface area contributed by atoms with E-state index in [0.29, 0.717) is 30.3 Å². The lowest BCUT2D eigenvalue weighted by Crippen LogP contribution is -2.41. The lowest BCUT2D eigenvalue weighted by molar-refractivity contribution is -0.136. The van der Waals surface area contributed by atoms with Gasteiger partial charge < -0.3 is 9.64 Å². The molecule has 0 N–H and O–H groups in total. The number of benzene rings is 1. The van der Waals surface area contributed by atoms with Gasteiger partial charge in [-0.15, -0.1) is 0 Å². The fourth-order valence-electron chi connectivity index (χ4n) is 1.91. The highest BCUT2D eigenvalue weighted by Gasteiger charge is 2.26. The van der Waals surface area contributed by atoms with E-state index in [1.807, 2.05) is 0 Å². The summed E-state index contributed by atoms with van der Waals surface area (Å²) in [6, 6.07) is 2.61. The summed E-state index contributed by atoms with van der Waals surface area (Å²) in [5.41, 5.74) is 0.518. The van der Waals surface area contributed by atoms with Gasteiger partial charge in [-0.05, 0) is 12.1 Å². The van der Waals surface area contributed by atoms with Crippen molar-refractivity contribution >= 4 is 29.1 Å². The number of halogens is 3. The van der Waals surface area contributed by atoms with Crippen LogP contribution in [0.25, 0.3) is 0 Å². The molecule has 1 aromatic carbocycles. The zero-order chi connectivity index (χ0) is 13.3. The minimum Gasteiger partial charge on any atom is -0.370 e. The van der Waals surface area contributed by atoms with Crippen molar-refractivity contribution in [2.45, 2.75) is 13.0 Å². The van der Waals surface area contributed by atoms with Gasteiger partial charge in [-0.2, -0.15) is 0 Å². The molecule has 1 aliphatic rings. The maximum absolute atomic E-state index is 13.4. The molecule has 0 aliphatic carbocycles. The second-order valence-electron chi connectivity index (χ2n) is 4.11. The van der Waals surface area contributed by atoms with Crippen LogP contribution in [0.4, 0.5) is 4.39 Å². The summed E-state index contributed by atoms with van der Waals surface area (Å²) in [6.45, 7) is 2.81. The van der Waals surface area contributed by atoms with E-state index in [2.05, 4.69) is 0 Å². The van der Waals surface area contributed by atoms with E-state index in [1.54, 1.807) is 4.90 Å². The number of rotatable bonds is 1. The Morgan fingerprint density at radius 1 is 1.44 bits per heavy atom. The number of carbonyl (C=O) groups excluding carboxylic acids is 1. The Kier molecular flexibility index (Phi) is 4.10. The predicted molar refractivity (Wildman–Crippen MR) is 67.4 cm³/mol. The fourth-order valence-corrected chi connectivity index (χ4v) is 2.41. The van der Waals surface area contributed by atoms with E-state index in [4.69, 9.17) is 27.9 Å². The summed E-state index contributed by atoms with van der Waals surface area (Å²) in [7, 11) is 0. The lowest BCUT2D eigenvalue weighted by Gasteiger charge is -2.32. The van der Waals surface area contributed by atoms with Crippen molar-refractivity contribution < 1.29 is 13.9 Å². The molecule has 0 saturated carbocycles. The van der Waals surface area contributed by atoms with Gasteiger partial charge in [0.25, 0.3) is 0 Å².